The largest absolute Gasteiger partial charge is 0.463 e. The summed E-state index contributed by atoms with van der Waals surface area (Å²) in [6, 6.07) is 1.25. The van der Waals surface area contributed by atoms with E-state index in [-0.39, 0.29) is 29.6 Å². The molecule has 1 aromatic rings. The number of allylic oxidation sites excluding steroid dienone is 1. The molecule has 0 aliphatic carbocycles. The predicted molar refractivity (Wildman–Crippen MR) is 78.1 cm³/mol. The Morgan fingerprint density at radius 3 is 2.71 bits per heavy atom. The topological polar surface area (TPSA) is 162 Å². The standard InChI is InChI=1S/C12H13N5O7/c1-3-23-11(18)9-6(2)13-12(15-17(21)22)14-10(9)7-4-5-8(24-7)16(19)20/h4-5,10H,3H2,1-2H3,(H2,13,14,15). The molecule has 0 spiro atoms. The van der Waals surface area contributed by atoms with Crippen LogP contribution in [0.3, 0.4) is 0 Å². The first-order valence-corrected chi connectivity index (χ1v) is 6.71. The highest BCUT2D eigenvalue weighted by atomic mass is 16.7. The second kappa shape index (κ2) is 6.76. The predicted octanol–water partition coefficient (Wildman–Crippen LogP) is 0.807. The van der Waals surface area contributed by atoms with Crippen molar-refractivity contribution in [2.75, 3.05) is 6.61 Å². The minimum Gasteiger partial charge on any atom is -0.463 e. The van der Waals surface area contributed by atoms with E-state index >= 15 is 0 Å². The molecule has 2 N–H and O–H groups in total. The van der Waals surface area contributed by atoms with E-state index in [1.165, 1.54) is 13.0 Å². The number of nitro groups is 2. The van der Waals surface area contributed by atoms with Crippen molar-refractivity contribution in [1.82, 2.24) is 10.7 Å². The first kappa shape index (κ1) is 16.9. The van der Waals surface area contributed by atoms with Crippen LogP contribution >= 0.6 is 0 Å². The number of carbonyl (C=O) groups excluding carboxylic acids is 1. The van der Waals surface area contributed by atoms with Crippen molar-refractivity contribution in [2.24, 2.45) is 4.99 Å². The third-order valence-corrected chi connectivity index (χ3v) is 3.00. The number of carbonyl (C=O) groups is 1. The summed E-state index contributed by atoms with van der Waals surface area (Å²) in [5.74, 6) is -1.51. The molecule has 0 aromatic carbocycles. The smallest absolute Gasteiger partial charge is 0.433 e. The van der Waals surface area contributed by atoms with E-state index in [1.807, 2.05) is 5.43 Å². The molecule has 2 rings (SSSR count). The van der Waals surface area contributed by atoms with Gasteiger partial charge in [-0.25, -0.2) is 19.9 Å². The second-order valence-corrected chi connectivity index (χ2v) is 4.57. The molecular weight excluding hydrogens is 326 g/mol. The lowest BCUT2D eigenvalue weighted by Crippen LogP contribution is -2.43. The molecule has 1 aromatic heterocycles. The quantitative estimate of drug-likeness (QED) is 0.449. The van der Waals surface area contributed by atoms with Gasteiger partial charge in [-0.2, -0.15) is 0 Å². The van der Waals surface area contributed by atoms with E-state index in [4.69, 9.17) is 9.15 Å². The normalized spacial score (nSPS) is 16.9. The molecule has 1 aliphatic heterocycles. The fraction of sp³-hybridized carbons (Fsp3) is 0.333. The summed E-state index contributed by atoms with van der Waals surface area (Å²) in [4.78, 5) is 36.7. The van der Waals surface area contributed by atoms with Crippen molar-refractivity contribution in [3.63, 3.8) is 0 Å². The summed E-state index contributed by atoms with van der Waals surface area (Å²) in [7, 11) is 0. The highest BCUT2D eigenvalue weighted by Gasteiger charge is 2.34. The maximum Gasteiger partial charge on any atom is 0.433 e. The van der Waals surface area contributed by atoms with Gasteiger partial charge < -0.3 is 14.5 Å². The fourth-order valence-electron chi connectivity index (χ4n) is 2.09. The van der Waals surface area contributed by atoms with E-state index in [0.29, 0.717) is 0 Å². The second-order valence-electron chi connectivity index (χ2n) is 4.57. The molecule has 0 saturated heterocycles. The van der Waals surface area contributed by atoms with Gasteiger partial charge in [0.25, 0.3) is 5.96 Å². The molecule has 128 valence electrons. The Balaban J connectivity index is 2.45. The lowest BCUT2D eigenvalue weighted by molar-refractivity contribution is -0.525. The van der Waals surface area contributed by atoms with Crippen molar-refractivity contribution in [3.05, 3.63) is 49.4 Å². The van der Waals surface area contributed by atoms with Crippen LogP contribution in [0.5, 0.6) is 0 Å². The summed E-state index contributed by atoms with van der Waals surface area (Å²) >= 11 is 0. The Morgan fingerprint density at radius 1 is 1.46 bits per heavy atom. The zero-order chi connectivity index (χ0) is 17.9. The maximum absolute atomic E-state index is 12.1. The first-order chi connectivity index (χ1) is 11.3. The van der Waals surface area contributed by atoms with Crippen LogP contribution in [0, 0.1) is 20.2 Å². The molecule has 24 heavy (non-hydrogen) atoms. The zero-order valence-corrected chi connectivity index (χ0v) is 12.6. The average molecular weight is 339 g/mol. The number of furan rings is 1. The van der Waals surface area contributed by atoms with Gasteiger partial charge in [-0.3, -0.25) is 10.1 Å². The Labute approximate surface area is 134 Å². The minimum atomic E-state index is -1.12. The fourth-order valence-corrected chi connectivity index (χ4v) is 2.09. The van der Waals surface area contributed by atoms with Gasteiger partial charge in [0.1, 0.15) is 16.7 Å². The van der Waals surface area contributed by atoms with Gasteiger partial charge in [0.05, 0.1) is 18.2 Å². The van der Waals surface area contributed by atoms with Gasteiger partial charge in [-0.05, 0) is 19.9 Å². The number of ether oxygens (including phenoxy) is 1. The molecule has 12 heteroatoms. The highest BCUT2D eigenvalue weighted by Crippen LogP contribution is 2.33. The van der Waals surface area contributed by atoms with Gasteiger partial charge in [0, 0.05) is 5.70 Å². The summed E-state index contributed by atoms with van der Waals surface area (Å²) in [5, 5.41) is 23.1. The van der Waals surface area contributed by atoms with Crippen LogP contribution in [0.15, 0.2) is 32.8 Å². The molecule has 2 heterocycles. The van der Waals surface area contributed by atoms with Crippen LogP contribution in [0.25, 0.3) is 0 Å². The number of hydrogen-bond acceptors (Lipinski definition) is 9. The number of nitrogens with zero attached hydrogens (tertiary/aromatic N) is 3. The van der Waals surface area contributed by atoms with Crippen LogP contribution in [-0.4, -0.2) is 28.5 Å². The van der Waals surface area contributed by atoms with Gasteiger partial charge in [-0.15, -0.1) is 0 Å². The number of rotatable bonds is 5. The first-order valence-electron chi connectivity index (χ1n) is 6.71. The number of nitrogens with one attached hydrogen (secondary N) is 2. The lowest BCUT2D eigenvalue weighted by atomic mass is 10.0. The molecule has 1 aliphatic rings. The molecule has 1 unspecified atom stereocenters. The number of guanidine groups is 1. The van der Waals surface area contributed by atoms with Crippen molar-refractivity contribution < 1.29 is 23.9 Å². The van der Waals surface area contributed by atoms with Gasteiger partial charge >= 0.3 is 11.9 Å². The van der Waals surface area contributed by atoms with Gasteiger partial charge in [0.15, 0.2) is 5.03 Å². The molecule has 0 fully saturated rings. The third-order valence-electron chi connectivity index (χ3n) is 3.00. The Hall–Kier alpha value is -3.44. The van der Waals surface area contributed by atoms with E-state index in [9.17, 15) is 25.0 Å². The Kier molecular flexibility index (Phi) is 4.77. The summed E-state index contributed by atoms with van der Waals surface area (Å²) in [5.41, 5.74) is 2.12. The van der Waals surface area contributed by atoms with E-state index in [2.05, 4.69) is 10.3 Å². The number of esters is 1. The van der Waals surface area contributed by atoms with Crippen LogP contribution in [0.2, 0.25) is 0 Å². The summed E-state index contributed by atoms with van der Waals surface area (Å²) < 4.78 is 10.0. The van der Waals surface area contributed by atoms with E-state index in [0.717, 1.165) is 6.07 Å². The number of aliphatic imine (C=N–C) groups is 1. The van der Waals surface area contributed by atoms with Crippen LogP contribution in [-0.2, 0) is 9.53 Å². The van der Waals surface area contributed by atoms with Crippen molar-refractivity contribution in [3.8, 4) is 0 Å². The minimum absolute atomic E-state index is 0.0201. The highest BCUT2D eigenvalue weighted by molar-refractivity contribution is 5.94. The number of hydrogen-bond donors (Lipinski definition) is 2. The van der Waals surface area contributed by atoms with Crippen molar-refractivity contribution in [2.45, 2.75) is 19.9 Å². The third kappa shape index (κ3) is 3.48. The molecule has 0 radical (unpaired) electrons. The monoisotopic (exact) mass is 339 g/mol. The molecular formula is C12H13N5O7. The number of hydrazine groups is 1. The molecule has 0 saturated carbocycles. The lowest BCUT2D eigenvalue weighted by Gasteiger charge is -2.22. The van der Waals surface area contributed by atoms with Crippen molar-refractivity contribution >= 4 is 17.8 Å². The summed E-state index contributed by atoms with van der Waals surface area (Å²) in [6.45, 7) is 3.21. The molecule has 0 amide bonds. The van der Waals surface area contributed by atoms with E-state index < -0.39 is 27.9 Å². The van der Waals surface area contributed by atoms with Crippen LogP contribution in [0.4, 0.5) is 5.88 Å². The van der Waals surface area contributed by atoms with Crippen molar-refractivity contribution in [1.29, 1.82) is 0 Å². The average Bonchev–Trinajstić information content (AvgIpc) is 2.95. The molecule has 1 atom stereocenters. The van der Waals surface area contributed by atoms with Gasteiger partial charge in [-0.1, -0.05) is 5.43 Å². The van der Waals surface area contributed by atoms with Crippen LogP contribution in [0.1, 0.15) is 25.6 Å². The molecule has 12 nitrogen and oxygen atoms in total. The van der Waals surface area contributed by atoms with Crippen LogP contribution < -0.4 is 10.7 Å². The SMILES string of the molecule is CCOC(=O)C1=C(C)NC(N[N+](=O)[O-])=NC1c1ccc([N+](=O)[O-])o1. The Bertz CT molecular complexity index is 751. The maximum atomic E-state index is 12.1. The van der Waals surface area contributed by atoms with Gasteiger partial charge in [0.2, 0.25) is 0 Å². The molecule has 0 bridgehead atoms. The summed E-state index contributed by atoms with van der Waals surface area (Å²) in [6.07, 6.45) is 0. The van der Waals surface area contributed by atoms with E-state index in [1.54, 1.807) is 6.92 Å². The Morgan fingerprint density at radius 2 is 2.17 bits per heavy atom. The zero-order valence-electron chi connectivity index (χ0n) is 12.6.